The summed E-state index contributed by atoms with van der Waals surface area (Å²) in [6.45, 7) is 2.47. The predicted octanol–water partition coefficient (Wildman–Crippen LogP) is 6.15. The van der Waals surface area contributed by atoms with Crippen molar-refractivity contribution in [1.29, 1.82) is 0 Å². The summed E-state index contributed by atoms with van der Waals surface area (Å²) in [5.74, 6) is -0.425. The molecule has 0 aliphatic heterocycles. The summed E-state index contributed by atoms with van der Waals surface area (Å²) in [7, 11) is 0. The van der Waals surface area contributed by atoms with Crippen molar-refractivity contribution in [1.82, 2.24) is 5.32 Å². The molecule has 0 saturated heterocycles. The molecule has 35 heavy (non-hydrogen) atoms. The molecule has 0 radical (unpaired) electrons. The third kappa shape index (κ3) is 5.99. The number of carbonyl (C=O) groups is 2. The van der Waals surface area contributed by atoms with Crippen molar-refractivity contribution in [2.75, 3.05) is 16.8 Å². The first kappa shape index (κ1) is 23.9. The van der Waals surface area contributed by atoms with E-state index in [1.54, 1.807) is 41.3 Å². The predicted molar refractivity (Wildman–Crippen MR) is 146 cm³/mol. The van der Waals surface area contributed by atoms with E-state index in [1.807, 2.05) is 79.7 Å². The number of rotatable bonds is 6. The van der Waals surface area contributed by atoms with E-state index in [-0.39, 0.29) is 16.9 Å². The van der Waals surface area contributed by atoms with E-state index < -0.39 is 0 Å². The molecule has 0 bridgehead atoms. The fourth-order valence-electron chi connectivity index (χ4n) is 3.72. The van der Waals surface area contributed by atoms with Gasteiger partial charge in [-0.1, -0.05) is 66.7 Å². The molecule has 0 aliphatic carbocycles. The van der Waals surface area contributed by atoms with Crippen molar-refractivity contribution in [2.45, 2.75) is 6.92 Å². The molecule has 0 aliphatic rings. The molecule has 0 atom stereocenters. The van der Waals surface area contributed by atoms with Gasteiger partial charge in [-0.05, 0) is 72.7 Å². The molecule has 0 saturated carbocycles. The van der Waals surface area contributed by atoms with Crippen LogP contribution < -0.4 is 15.5 Å². The first-order chi connectivity index (χ1) is 17.0. The molecule has 174 valence electrons. The lowest BCUT2D eigenvalue weighted by Crippen LogP contribution is -2.34. The molecule has 0 fully saturated rings. The van der Waals surface area contributed by atoms with Crippen molar-refractivity contribution >= 4 is 40.5 Å². The minimum absolute atomic E-state index is 0.115. The van der Waals surface area contributed by atoms with Crippen molar-refractivity contribution in [2.24, 2.45) is 0 Å². The Morgan fingerprint density at radius 1 is 0.743 bits per heavy atom. The van der Waals surface area contributed by atoms with E-state index in [0.717, 1.165) is 16.8 Å². The van der Waals surface area contributed by atoms with Crippen molar-refractivity contribution in [3.05, 3.63) is 120 Å². The third-order valence-corrected chi connectivity index (χ3v) is 5.68. The highest BCUT2D eigenvalue weighted by atomic mass is 32.1. The standard InChI is InChI=1S/C29H25N3O2S/c1-2-32(26-14-7-4-8-15-26)28(34)24-12-9-13-25(20-24)30-29(35)31-27(33)23-18-16-22(17-19-23)21-10-5-3-6-11-21/h3-20H,2H2,1H3,(H2,30,31,33,35). The topological polar surface area (TPSA) is 61.4 Å². The van der Waals surface area contributed by atoms with Gasteiger partial charge >= 0.3 is 0 Å². The fourth-order valence-corrected chi connectivity index (χ4v) is 3.93. The van der Waals surface area contributed by atoms with Crippen LogP contribution in [0, 0.1) is 0 Å². The Morgan fingerprint density at radius 3 is 2.03 bits per heavy atom. The molecule has 4 rings (SSSR count). The van der Waals surface area contributed by atoms with Gasteiger partial charge in [-0.3, -0.25) is 14.9 Å². The van der Waals surface area contributed by atoms with Gasteiger partial charge in [-0.15, -0.1) is 0 Å². The minimum Gasteiger partial charge on any atom is -0.332 e. The van der Waals surface area contributed by atoms with E-state index >= 15 is 0 Å². The van der Waals surface area contributed by atoms with Crippen LogP contribution in [0.3, 0.4) is 0 Å². The summed E-state index contributed by atoms with van der Waals surface area (Å²) in [5, 5.41) is 5.85. The second kappa shape index (κ2) is 11.2. The number of anilines is 2. The van der Waals surface area contributed by atoms with Gasteiger partial charge in [0.05, 0.1) is 0 Å². The number of nitrogens with one attached hydrogen (secondary N) is 2. The molecule has 6 heteroatoms. The van der Waals surface area contributed by atoms with E-state index in [2.05, 4.69) is 10.6 Å². The van der Waals surface area contributed by atoms with Gasteiger partial charge < -0.3 is 10.2 Å². The molecule has 2 amide bonds. The maximum Gasteiger partial charge on any atom is 0.258 e. The summed E-state index contributed by atoms with van der Waals surface area (Å²) in [4.78, 5) is 27.5. The molecule has 0 unspecified atom stereocenters. The maximum absolute atomic E-state index is 13.1. The SMILES string of the molecule is CCN(C(=O)c1cccc(NC(=S)NC(=O)c2ccc(-c3ccccc3)cc2)c1)c1ccccc1. The van der Waals surface area contributed by atoms with Crippen LogP contribution in [-0.4, -0.2) is 23.5 Å². The number of para-hydroxylation sites is 1. The van der Waals surface area contributed by atoms with Gasteiger partial charge in [-0.25, -0.2) is 0 Å². The zero-order valence-electron chi connectivity index (χ0n) is 19.3. The van der Waals surface area contributed by atoms with Crippen LogP contribution in [0.25, 0.3) is 11.1 Å². The van der Waals surface area contributed by atoms with E-state index in [4.69, 9.17) is 12.2 Å². The van der Waals surface area contributed by atoms with Crippen molar-refractivity contribution < 1.29 is 9.59 Å². The number of carbonyl (C=O) groups excluding carboxylic acids is 2. The van der Waals surface area contributed by atoms with Crippen LogP contribution in [0.4, 0.5) is 11.4 Å². The summed E-state index contributed by atoms with van der Waals surface area (Å²) in [6.07, 6.45) is 0. The average molecular weight is 480 g/mol. The molecule has 4 aromatic carbocycles. The quantitative estimate of drug-likeness (QED) is 0.326. The molecule has 2 N–H and O–H groups in total. The van der Waals surface area contributed by atoms with Gasteiger partial charge in [0.15, 0.2) is 5.11 Å². The second-order valence-corrected chi connectivity index (χ2v) is 8.23. The molecule has 0 spiro atoms. The Labute approximate surface area is 210 Å². The number of hydrogen-bond acceptors (Lipinski definition) is 3. The normalized spacial score (nSPS) is 10.3. The average Bonchev–Trinajstić information content (AvgIpc) is 2.90. The maximum atomic E-state index is 13.1. The Bertz CT molecular complexity index is 1320. The number of amides is 2. The number of nitrogens with zero attached hydrogens (tertiary/aromatic N) is 1. The highest BCUT2D eigenvalue weighted by Crippen LogP contribution is 2.20. The Kier molecular flexibility index (Phi) is 7.65. The van der Waals surface area contributed by atoms with Gasteiger partial charge in [-0.2, -0.15) is 0 Å². The smallest absolute Gasteiger partial charge is 0.258 e. The summed E-state index contributed by atoms with van der Waals surface area (Å²) in [5.41, 5.74) is 4.58. The monoisotopic (exact) mass is 479 g/mol. The summed E-state index contributed by atoms with van der Waals surface area (Å²) >= 11 is 5.34. The van der Waals surface area contributed by atoms with Crippen LogP contribution in [-0.2, 0) is 0 Å². The Hall–Kier alpha value is -4.29. The highest BCUT2D eigenvalue weighted by molar-refractivity contribution is 7.80. The third-order valence-electron chi connectivity index (χ3n) is 5.48. The highest BCUT2D eigenvalue weighted by Gasteiger charge is 2.16. The minimum atomic E-state index is -0.310. The van der Waals surface area contributed by atoms with Gasteiger partial charge in [0.1, 0.15) is 0 Å². The van der Waals surface area contributed by atoms with Crippen molar-refractivity contribution in [3.8, 4) is 11.1 Å². The number of hydrogen-bond donors (Lipinski definition) is 2. The molecule has 0 heterocycles. The lowest BCUT2D eigenvalue weighted by molar-refractivity contribution is 0.0973. The number of thiocarbonyl (C=S) groups is 1. The summed E-state index contributed by atoms with van der Waals surface area (Å²) < 4.78 is 0. The van der Waals surface area contributed by atoms with E-state index in [0.29, 0.717) is 23.4 Å². The van der Waals surface area contributed by atoms with Crippen molar-refractivity contribution in [3.63, 3.8) is 0 Å². The van der Waals surface area contributed by atoms with E-state index in [1.165, 1.54) is 0 Å². The van der Waals surface area contributed by atoms with Crippen LogP contribution in [0.15, 0.2) is 109 Å². The number of benzene rings is 4. The summed E-state index contributed by atoms with van der Waals surface area (Å²) in [6, 6.07) is 33.9. The zero-order valence-corrected chi connectivity index (χ0v) is 20.1. The van der Waals surface area contributed by atoms with Gasteiger partial charge in [0.2, 0.25) is 0 Å². The Morgan fingerprint density at radius 2 is 1.37 bits per heavy atom. The molecule has 5 nitrogen and oxygen atoms in total. The van der Waals surface area contributed by atoms with Crippen LogP contribution in [0.2, 0.25) is 0 Å². The van der Waals surface area contributed by atoms with Crippen LogP contribution in [0.1, 0.15) is 27.6 Å². The molecule has 4 aromatic rings. The molecule has 0 aromatic heterocycles. The van der Waals surface area contributed by atoms with Crippen LogP contribution >= 0.6 is 12.2 Å². The second-order valence-electron chi connectivity index (χ2n) is 7.82. The molecular formula is C29H25N3O2S. The fraction of sp³-hybridized carbons (Fsp3) is 0.0690. The molecular weight excluding hydrogens is 454 g/mol. The van der Waals surface area contributed by atoms with Gasteiger partial charge in [0.25, 0.3) is 11.8 Å². The first-order valence-electron chi connectivity index (χ1n) is 11.3. The lowest BCUT2D eigenvalue weighted by Gasteiger charge is -2.21. The van der Waals surface area contributed by atoms with Gasteiger partial charge in [0, 0.05) is 29.0 Å². The zero-order chi connectivity index (χ0) is 24.6. The largest absolute Gasteiger partial charge is 0.332 e. The Balaban J connectivity index is 1.40. The van der Waals surface area contributed by atoms with E-state index in [9.17, 15) is 9.59 Å². The lowest BCUT2D eigenvalue weighted by atomic mass is 10.0. The first-order valence-corrected chi connectivity index (χ1v) is 11.7. The van der Waals surface area contributed by atoms with Crippen LogP contribution in [0.5, 0.6) is 0 Å².